The summed E-state index contributed by atoms with van der Waals surface area (Å²) in [5.74, 6) is -0.0587. The van der Waals surface area contributed by atoms with E-state index < -0.39 is 0 Å². The molecule has 1 heterocycles. The van der Waals surface area contributed by atoms with Crippen molar-refractivity contribution in [1.82, 2.24) is 4.90 Å². The number of benzene rings is 4. The second-order valence-corrected chi connectivity index (χ2v) is 11.5. The molecule has 0 atom stereocenters. The van der Waals surface area contributed by atoms with E-state index >= 15 is 0 Å². The third-order valence-electron chi connectivity index (χ3n) is 6.43. The lowest BCUT2D eigenvalue weighted by atomic mass is 10.0. The van der Waals surface area contributed by atoms with Crippen LogP contribution in [0.4, 0.5) is 10.5 Å². The standard InChI is InChI=1S/C31H24BrClN2O5S/c1-18-10-11-22(15-25(18)33)34-28(36)17-40-29-24(32)12-19(13-26(29)39-2)14-27-30(37)35(31(38)41-27)16-21-8-5-7-20-6-3-4-9-23(20)21/h3-15H,16-17H2,1-2H3,(H,34,36)/b27-14-. The Hall–Kier alpha value is -3.79. The van der Waals surface area contributed by atoms with Crippen molar-refractivity contribution in [3.8, 4) is 11.5 Å². The second kappa shape index (κ2) is 12.4. The normalized spacial score (nSPS) is 14.1. The molecule has 0 spiro atoms. The molecule has 1 aliphatic rings. The van der Waals surface area contributed by atoms with Crippen molar-refractivity contribution < 1.29 is 23.9 Å². The maximum Gasteiger partial charge on any atom is 0.293 e. The van der Waals surface area contributed by atoms with E-state index in [9.17, 15) is 14.4 Å². The third kappa shape index (κ3) is 6.43. The summed E-state index contributed by atoms with van der Waals surface area (Å²) in [5.41, 5.74) is 2.98. The monoisotopic (exact) mass is 650 g/mol. The number of hydrogen-bond donors (Lipinski definition) is 1. The number of carbonyl (C=O) groups excluding carboxylic acids is 3. The summed E-state index contributed by atoms with van der Waals surface area (Å²) in [6, 6.07) is 22.4. The first-order valence-corrected chi connectivity index (χ1v) is 14.5. The Bertz CT molecular complexity index is 1720. The predicted octanol–water partition coefficient (Wildman–Crippen LogP) is 7.83. The molecule has 1 N–H and O–H groups in total. The van der Waals surface area contributed by atoms with Crippen LogP contribution in [0.2, 0.25) is 5.02 Å². The molecule has 0 aliphatic carbocycles. The number of thioether (sulfide) groups is 1. The number of anilines is 1. The summed E-state index contributed by atoms with van der Waals surface area (Å²) in [4.78, 5) is 40.1. The number of methoxy groups -OCH3 is 1. The quantitative estimate of drug-likeness (QED) is 0.196. The van der Waals surface area contributed by atoms with Crippen LogP contribution in [0.25, 0.3) is 16.8 Å². The van der Waals surface area contributed by atoms with E-state index in [2.05, 4.69) is 21.2 Å². The summed E-state index contributed by atoms with van der Waals surface area (Å²) in [6.07, 6.45) is 1.64. The van der Waals surface area contributed by atoms with Gasteiger partial charge in [-0.15, -0.1) is 0 Å². The van der Waals surface area contributed by atoms with Gasteiger partial charge in [0.2, 0.25) is 0 Å². The Labute approximate surface area is 254 Å². The Morgan fingerprint density at radius 2 is 1.85 bits per heavy atom. The minimum absolute atomic E-state index is 0.181. The van der Waals surface area contributed by atoms with Crippen molar-refractivity contribution in [2.45, 2.75) is 13.5 Å². The first-order valence-electron chi connectivity index (χ1n) is 12.5. The smallest absolute Gasteiger partial charge is 0.293 e. The Morgan fingerprint density at radius 3 is 2.63 bits per heavy atom. The van der Waals surface area contributed by atoms with Crippen molar-refractivity contribution in [3.05, 3.63) is 104 Å². The van der Waals surface area contributed by atoms with E-state index in [0.29, 0.717) is 37.2 Å². The Morgan fingerprint density at radius 1 is 1.07 bits per heavy atom. The molecule has 1 aliphatic heterocycles. The molecule has 0 aromatic heterocycles. The molecule has 208 valence electrons. The molecule has 0 bridgehead atoms. The number of fused-ring (bicyclic) bond motifs is 1. The molecule has 5 rings (SSSR count). The minimum atomic E-state index is -0.372. The molecule has 10 heteroatoms. The molecule has 0 radical (unpaired) electrons. The largest absolute Gasteiger partial charge is 0.493 e. The van der Waals surface area contributed by atoms with Gasteiger partial charge < -0.3 is 14.8 Å². The van der Waals surface area contributed by atoms with Gasteiger partial charge in [0.05, 0.1) is 23.0 Å². The van der Waals surface area contributed by atoms with Crippen LogP contribution in [0.5, 0.6) is 11.5 Å². The number of nitrogens with one attached hydrogen (secondary N) is 1. The number of hydrogen-bond acceptors (Lipinski definition) is 6. The van der Waals surface area contributed by atoms with Gasteiger partial charge in [0.1, 0.15) is 0 Å². The summed E-state index contributed by atoms with van der Waals surface area (Å²) < 4.78 is 11.8. The van der Waals surface area contributed by atoms with E-state index in [1.165, 1.54) is 12.0 Å². The van der Waals surface area contributed by atoms with E-state index in [1.807, 2.05) is 55.5 Å². The number of aryl methyl sites for hydroxylation is 1. The van der Waals surface area contributed by atoms with Gasteiger partial charge in [0, 0.05) is 10.7 Å². The average Bonchev–Trinajstić information content (AvgIpc) is 3.21. The molecule has 4 aromatic rings. The van der Waals surface area contributed by atoms with Crippen molar-refractivity contribution in [1.29, 1.82) is 0 Å². The first kappa shape index (κ1) is 28.7. The molecule has 1 fully saturated rings. The molecular weight excluding hydrogens is 628 g/mol. The van der Waals surface area contributed by atoms with Crippen LogP contribution < -0.4 is 14.8 Å². The molecule has 41 heavy (non-hydrogen) atoms. The molecule has 0 saturated carbocycles. The first-order chi connectivity index (χ1) is 19.7. The van der Waals surface area contributed by atoms with E-state index in [1.54, 1.807) is 30.3 Å². The molecule has 4 aromatic carbocycles. The van der Waals surface area contributed by atoms with Gasteiger partial charge in [-0.1, -0.05) is 60.1 Å². The number of rotatable bonds is 8. The lowest BCUT2D eigenvalue weighted by molar-refractivity contribution is -0.123. The molecule has 3 amide bonds. The molecule has 0 unspecified atom stereocenters. The molecular formula is C31H24BrClN2O5S. The van der Waals surface area contributed by atoms with Crippen LogP contribution in [-0.2, 0) is 16.1 Å². The average molecular weight is 652 g/mol. The fourth-order valence-corrected chi connectivity index (χ4v) is 5.95. The number of amides is 3. The van der Waals surface area contributed by atoms with Crippen molar-refractivity contribution in [2.24, 2.45) is 0 Å². The predicted molar refractivity (Wildman–Crippen MR) is 166 cm³/mol. The van der Waals surface area contributed by atoms with Gasteiger partial charge in [-0.05, 0) is 92.4 Å². The molecule has 7 nitrogen and oxygen atoms in total. The Kier molecular flexibility index (Phi) is 8.68. The number of halogens is 2. The second-order valence-electron chi connectivity index (χ2n) is 9.24. The van der Waals surface area contributed by atoms with Crippen LogP contribution in [-0.4, -0.2) is 35.7 Å². The SMILES string of the molecule is COc1cc(/C=C2\SC(=O)N(Cc3cccc4ccccc34)C2=O)cc(Br)c1OCC(=O)Nc1ccc(C)c(Cl)c1. The van der Waals surface area contributed by atoms with E-state index in [0.717, 1.165) is 33.7 Å². The number of imide groups is 1. The maximum atomic E-state index is 13.2. The van der Waals surface area contributed by atoms with Gasteiger partial charge in [-0.2, -0.15) is 0 Å². The maximum absolute atomic E-state index is 13.2. The van der Waals surface area contributed by atoms with E-state index in [4.69, 9.17) is 21.1 Å². The van der Waals surface area contributed by atoms with Crippen LogP contribution >= 0.6 is 39.3 Å². The van der Waals surface area contributed by atoms with Crippen LogP contribution in [0.1, 0.15) is 16.7 Å². The van der Waals surface area contributed by atoms with Crippen molar-refractivity contribution >= 4 is 78.9 Å². The zero-order valence-electron chi connectivity index (χ0n) is 22.1. The highest BCUT2D eigenvalue weighted by atomic mass is 79.9. The number of nitrogens with zero attached hydrogens (tertiary/aromatic N) is 1. The van der Waals surface area contributed by atoms with Crippen LogP contribution in [0, 0.1) is 6.92 Å². The fourth-order valence-electron chi connectivity index (χ4n) is 4.36. The highest BCUT2D eigenvalue weighted by Crippen LogP contribution is 2.39. The zero-order valence-corrected chi connectivity index (χ0v) is 25.2. The van der Waals surface area contributed by atoms with Gasteiger partial charge in [0.15, 0.2) is 18.1 Å². The summed E-state index contributed by atoms with van der Waals surface area (Å²) in [7, 11) is 1.48. The minimum Gasteiger partial charge on any atom is -0.493 e. The number of carbonyl (C=O) groups is 3. The van der Waals surface area contributed by atoms with Gasteiger partial charge in [0.25, 0.3) is 17.1 Å². The van der Waals surface area contributed by atoms with Gasteiger partial charge in [-0.25, -0.2) is 0 Å². The Balaban J connectivity index is 1.30. The fraction of sp³-hybridized carbons (Fsp3) is 0.129. The van der Waals surface area contributed by atoms with Crippen LogP contribution in [0.3, 0.4) is 0 Å². The highest BCUT2D eigenvalue weighted by molar-refractivity contribution is 9.10. The lowest BCUT2D eigenvalue weighted by Crippen LogP contribution is -2.27. The van der Waals surface area contributed by atoms with Gasteiger partial charge in [-0.3, -0.25) is 19.3 Å². The summed E-state index contributed by atoms with van der Waals surface area (Å²) >= 11 is 10.5. The van der Waals surface area contributed by atoms with Crippen LogP contribution in [0.15, 0.2) is 82.2 Å². The van der Waals surface area contributed by atoms with E-state index in [-0.39, 0.29) is 30.2 Å². The lowest BCUT2D eigenvalue weighted by Gasteiger charge is -2.15. The number of ether oxygens (including phenoxy) is 2. The summed E-state index contributed by atoms with van der Waals surface area (Å²) in [6.45, 7) is 1.79. The summed E-state index contributed by atoms with van der Waals surface area (Å²) in [5, 5.41) is 5.01. The van der Waals surface area contributed by atoms with Crippen molar-refractivity contribution in [2.75, 3.05) is 19.0 Å². The zero-order chi connectivity index (χ0) is 29.1. The van der Waals surface area contributed by atoms with Crippen molar-refractivity contribution in [3.63, 3.8) is 0 Å². The molecule has 1 saturated heterocycles. The van der Waals surface area contributed by atoms with Gasteiger partial charge >= 0.3 is 0 Å². The highest BCUT2D eigenvalue weighted by Gasteiger charge is 2.35. The third-order valence-corrected chi connectivity index (χ3v) is 8.34. The topological polar surface area (TPSA) is 84.9 Å².